The van der Waals surface area contributed by atoms with Gasteiger partial charge in [0.05, 0.1) is 5.54 Å². The Kier molecular flexibility index (Phi) is 8.15. The average molecular weight is 389 g/mol. The fraction of sp³-hybridized carbons (Fsp3) is 0.529. The van der Waals surface area contributed by atoms with Gasteiger partial charge in [-0.2, -0.15) is 0 Å². The number of hydrogen-bond acceptors (Lipinski definition) is 4. The topological polar surface area (TPSA) is 87.5 Å². The molecule has 1 aliphatic carbocycles. The Labute approximate surface area is 160 Å². The molecular weight excluding hydrogens is 363 g/mol. The zero-order chi connectivity index (χ0) is 16.3. The molecule has 2 aliphatic rings. The quantitative estimate of drug-likeness (QED) is 0.692. The van der Waals surface area contributed by atoms with Crippen LogP contribution >= 0.6 is 24.8 Å². The predicted molar refractivity (Wildman–Crippen MR) is 104 cm³/mol. The summed E-state index contributed by atoms with van der Waals surface area (Å²) < 4.78 is 0. The summed E-state index contributed by atoms with van der Waals surface area (Å²) in [6.07, 6.45) is 3.98. The predicted octanol–water partition coefficient (Wildman–Crippen LogP) is 1.79. The van der Waals surface area contributed by atoms with Gasteiger partial charge in [0.25, 0.3) is 5.91 Å². The second-order valence-corrected chi connectivity index (χ2v) is 6.49. The Morgan fingerprint density at radius 2 is 1.68 bits per heavy atom. The Hall–Kier alpha value is -1.34. The summed E-state index contributed by atoms with van der Waals surface area (Å²) in [5, 5.41) is 5.72. The number of likely N-dealkylation sites (tertiary alicyclic amines) is 1. The lowest BCUT2D eigenvalue weighted by Gasteiger charge is -2.15. The maximum absolute atomic E-state index is 12.1. The van der Waals surface area contributed by atoms with Crippen LogP contribution in [0.4, 0.5) is 5.69 Å². The zero-order valence-electron chi connectivity index (χ0n) is 14.1. The van der Waals surface area contributed by atoms with Gasteiger partial charge in [-0.05, 0) is 63.0 Å². The summed E-state index contributed by atoms with van der Waals surface area (Å²) in [6, 6.07) is 6.91. The van der Waals surface area contributed by atoms with E-state index in [0.717, 1.165) is 32.5 Å². The Balaban J connectivity index is 0.00000156. The largest absolute Gasteiger partial charge is 0.351 e. The molecule has 0 aromatic heterocycles. The van der Waals surface area contributed by atoms with Gasteiger partial charge in [0.15, 0.2) is 0 Å². The number of halogens is 2. The molecule has 0 atom stereocenters. The van der Waals surface area contributed by atoms with E-state index in [-0.39, 0.29) is 36.6 Å². The number of nitrogens with zero attached hydrogens (tertiary/aromatic N) is 1. The number of carbonyl (C=O) groups is 2. The Bertz CT molecular complexity index is 585. The van der Waals surface area contributed by atoms with E-state index < -0.39 is 5.54 Å². The van der Waals surface area contributed by atoms with Crippen molar-refractivity contribution < 1.29 is 9.59 Å². The zero-order valence-corrected chi connectivity index (χ0v) is 15.8. The van der Waals surface area contributed by atoms with Crippen LogP contribution in [0.15, 0.2) is 24.3 Å². The first-order valence-corrected chi connectivity index (χ1v) is 8.28. The van der Waals surface area contributed by atoms with Crippen molar-refractivity contribution in [2.24, 2.45) is 5.73 Å². The molecule has 3 rings (SSSR count). The minimum absolute atomic E-state index is 0. The van der Waals surface area contributed by atoms with E-state index in [2.05, 4.69) is 15.5 Å². The van der Waals surface area contributed by atoms with Crippen molar-refractivity contribution in [1.82, 2.24) is 10.2 Å². The van der Waals surface area contributed by atoms with Crippen LogP contribution in [0.5, 0.6) is 0 Å². The standard InChI is InChI=1S/C17H24N4O2.2ClH/c18-17(7-8-17)16(23)20-14-5-3-13(4-6-14)15(22)19-9-12-21-10-1-2-11-21;;/h3-6H,1-2,7-12,18H2,(H,19,22)(H,20,23);2*1H. The highest BCUT2D eigenvalue weighted by molar-refractivity contribution is 6.00. The average Bonchev–Trinajstić information content (AvgIpc) is 3.10. The van der Waals surface area contributed by atoms with Gasteiger partial charge in [0.1, 0.15) is 0 Å². The molecule has 0 spiro atoms. The van der Waals surface area contributed by atoms with E-state index >= 15 is 0 Å². The first-order chi connectivity index (χ1) is 11.1. The van der Waals surface area contributed by atoms with Crippen molar-refractivity contribution in [1.29, 1.82) is 0 Å². The summed E-state index contributed by atoms with van der Waals surface area (Å²) >= 11 is 0. The molecule has 1 heterocycles. The lowest BCUT2D eigenvalue weighted by molar-refractivity contribution is -0.118. The van der Waals surface area contributed by atoms with Crippen LogP contribution in [0.3, 0.4) is 0 Å². The molecule has 0 bridgehead atoms. The van der Waals surface area contributed by atoms with Crippen molar-refractivity contribution in [2.75, 3.05) is 31.5 Å². The number of nitrogens with two attached hydrogens (primary N) is 1. The molecule has 4 N–H and O–H groups in total. The second-order valence-electron chi connectivity index (χ2n) is 6.49. The van der Waals surface area contributed by atoms with E-state index in [4.69, 9.17) is 5.73 Å². The Morgan fingerprint density at radius 1 is 1.08 bits per heavy atom. The van der Waals surface area contributed by atoms with Gasteiger partial charge < -0.3 is 21.3 Å². The van der Waals surface area contributed by atoms with Gasteiger partial charge in [-0.15, -0.1) is 24.8 Å². The monoisotopic (exact) mass is 388 g/mol. The van der Waals surface area contributed by atoms with Crippen LogP contribution in [0.2, 0.25) is 0 Å². The third-order valence-electron chi connectivity index (χ3n) is 4.56. The van der Waals surface area contributed by atoms with Gasteiger partial charge in [0, 0.05) is 24.3 Å². The first kappa shape index (κ1) is 21.7. The van der Waals surface area contributed by atoms with E-state index in [1.165, 1.54) is 12.8 Å². The lowest BCUT2D eigenvalue weighted by atomic mass is 10.2. The minimum atomic E-state index is -0.689. The number of rotatable bonds is 6. The minimum Gasteiger partial charge on any atom is -0.351 e. The highest BCUT2D eigenvalue weighted by atomic mass is 35.5. The number of nitrogens with one attached hydrogen (secondary N) is 2. The van der Waals surface area contributed by atoms with Crippen molar-refractivity contribution in [3.63, 3.8) is 0 Å². The SMILES string of the molecule is Cl.Cl.NC1(C(=O)Nc2ccc(C(=O)NCCN3CCCC3)cc2)CC1. The van der Waals surface area contributed by atoms with Gasteiger partial charge in [-0.25, -0.2) is 0 Å². The van der Waals surface area contributed by atoms with Crippen LogP contribution in [0, 0.1) is 0 Å². The fourth-order valence-electron chi connectivity index (χ4n) is 2.76. The van der Waals surface area contributed by atoms with Crippen molar-refractivity contribution in [3.8, 4) is 0 Å². The van der Waals surface area contributed by atoms with Gasteiger partial charge in [-0.1, -0.05) is 0 Å². The summed E-state index contributed by atoms with van der Waals surface area (Å²) in [6.45, 7) is 3.82. The lowest BCUT2D eigenvalue weighted by Crippen LogP contribution is -2.37. The van der Waals surface area contributed by atoms with E-state index in [1.54, 1.807) is 24.3 Å². The van der Waals surface area contributed by atoms with Gasteiger partial charge in [-0.3, -0.25) is 9.59 Å². The molecule has 25 heavy (non-hydrogen) atoms. The highest BCUT2D eigenvalue weighted by Gasteiger charge is 2.45. The number of hydrogen-bond donors (Lipinski definition) is 3. The molecule has 1 aliphatic heterocycles. The molecule has 2 fully saturated rings. The van der Waals surface area contributed by atoms with Crippen LogP contribution in [0.1, 0.15) is 36.0 Å². The van der Waals surface area contributed by atoms with Crippen LogP contribution in [0.25, 0.3) is 0 Å². The van der Waals surface area contributed by atoms with Crippen molar-refractivity contribution >= 4 is 42.3 Å². The molecule has 140 valence electrons. The van der Waals surface area contributed by atoms with E-state index in [0.29, 0.717) is 17.8 Å². The summed E-state index contributed by atoms with van der Waals surface area (Å²) in [4.78, 5) is 26.3. The van der Waals surface area contributed by atoms with Gasteiger partial charge >= 0.3 is 0 Å². The molecule has 0 unspecified atom stereocenters. The maximum Gasteiger partial charge on any atom is 0.251 e. The van der Waals surface area contributed by atoms with Crippen molar-refractivity contribution in [2.45, 2.75) is 31.2 Å². The number of benzene rings is 1. The third-order valence-corrected chi connectivity index (χ3v) is 4.56. The molecule has 1 aromatic rings. The third kappa shape index (κ3) is 5.85. The summed E-state index contributed by atoms with van der Waals surface area (Å²) in [5.41, 5.74) is 6.42. The molecule has 2 amide bonds. The molecule has 0 radical (unpaired) electrons. The molecular formula is C17H26Cl2N4O2. The molecule has 1 aromatic carbocycles. The smallest absolute Gasteiger partial charge is 0.251 e. The number of carbonyl (C=O) groups excluding carboxylic acids is 2. The molecule has 1 saturated carbocycles. The number of amides is 2. The normalized spacial score (nSPS) is 17.8. The highest BCUT2D eigenvalue weighted by Crippen LogP contribution is 2.33. The summed E-state index contributed by atoms with van der Waals surface area (Å²) in [5.74, 6) is -0.236. The van der Waals surface area contributed by atoms with Crippen LogP contribution in [-0.2, 0) is 4.79 Å². The van der Waals surface area contributed by atoms with E-state index in [1.807, 2.05) is 0 Å². The molecule has 8 heteroatoms. The molecule has 1 saturated heterocycles. The van der Waals surface area contributed by atoms with Crippen molar-refractivity contribution in [3.05, 3.63) is 29.8 Å². The molecule has 6 nitrogen and oxygen atoms in total. The second kappa shape index (κ2) is 9.38. The Morgan fingerprint density at radius 3 is 2.24 bits per heavy atom. The van der Waals surface area contributed by atoms with Crippen LogP contribution < -0.4 is 16.4 Å². The van der Waals surface area contributed by atoms with Gasteiger partial charge in [0.2, 0.25) is 5.91 Å². The fourth-order valence-corrected chi connectivity index (χ4v) is 2.76. The summed E-state index contributed by atoms with van der Waals surface area (Å²) in [7, 11) is 0. The first-order valence-electron chi connectivity index (χ1n) is 8.28. The van der Waals surface area contributed by atoms with Crippen LogP contribution in [-0.4, -0.2) is 48.4 Å². The number of anilines is 1. The maximum atomic E-state index is 12.1. The van der Waals surface area contributed by atoms with E-state index in [9.17, 15) is 9.59 Å².